The highest BCUT2D eigenvalue weighted by Crippen LogP contribution is 2.38. The van der Waals surface area contributed by atoms with E-state index in [9.17, 15) is 10.2 Å². The van der Waals surface area contributed by atoms with Gasteiger partial charge in [-0.3, -0.25) is 0 Å². The van der Waals surface area contributed by atoms with Crippen molar-refractivity contribution in [2.24, 2.45) is 0 Å². The summed E-state index contributed by atoms with van der Waals surface area (Å²) in [7, 11) is 0. The Labute approximate surface area is 187 Å². The van der Waals surface area contributed by atoms with Crippen molar-refractivity contribution in [2.45, 2.75) is 26.7 Å². The summed E-state index contributed by atoms with van der Waals surface area (Å²) in [6.07, 6.45) is 1.76. The van der Waals surface area contributed by atoms with E-state index in [4.69, 9.17) is 14.5 Å². The second-order valence-electron chi connectivity index (χ2n) is 7.47. The van der Waals surface area contributed by atoms with E-state index < -0.39 is 0 Å². The molecule has 0 atom stereocenters. The highest BCUT2D eigenvalue weighted by molar-refractivity contribution is 5.95. The maximum absolute atomic E-state index is 10.7. The topological polar surface area (TPSA) is 84.7 Å². The van der Waals surface area contributed by atoms with Gasteiger partial charge in [-0.05, 0) is 43.2 Å². The van der Waals surface area contributed by atoms with E-state index in [1.807, 2.05) is 44.2 Å². The molecule has 6 nitrogen and oxygen atoms in total. The Bertz CT molecular complexity index is 1240. The van der Waals surface area contributed by atoms with Crippen LogP contribution in [0.4, 0.5) is 0 Å². The molecule has 0 aliphatic carbocycles. The molecule has 0 fully saturated rings. The van der Waals surface area contributed by atoms with Crippen LogP contribution in [0.3, 0.4) is 0 Å². The Morgan fingerprint density at radius 2 is 1.31 bits per heavy atom. The van der Waals surface area contributed by atoms with Crippen LogP contribution in [0.1, 0.15) is 26.7 Å². The van der Waals surface area contributed by atoms with Crippen molar-refractivity contribution in [3.63, 3.8) is 0 Å². The van der Waals surface area contributed by atoms with Gasteiger partial charge in [0.2, 0.25) is 0 Å². The summed E-state index contributed by atoms with van der Waals surface area (Å²) < 4.78 is 11.2. The molecule has 0 unspecified atom stereocenters. The average molecular weight is 431 g/mol. The van der Waals surface area contributed by atoms with Crippen LogP contribution >= 0.6 is 0 Å². The van der Waals surface area contributed by atoms with E-state index in [2.05, 4.69) is 4.98 Å². The molecule has 1 aromatic heterocycles. The van der Waals surface area contributed by atoms with Gasteiger partial charge in [-0.1, -0.05) is 32.0 Å². The Kier molecular flexibility index (Phi) is 6.40. The fourth-order valence-corrected chi connectivity index (χ4v) is 3.43. The lowest BCUT2D eigenvalue weighted by Gasteiger charge is -2.13. The average Bonchev–Trinajstić information content (AvgIpc) is 2.81. The van der Waals surface area contributed by atoms with Gasteiger partial charge < -0.3 is 19.7 Å². The summed E-state index contributed by atoms with van der Waals surface area (Å²) in [5.41, 5.74) is 2.35. The van der Waals surface area contributed by atoms with Gasteiger partial charge in [-0.2, -0.15) is 0 Å². The number of aromatic hydroxyl groups is 2. The van der Waals surface area contributed by atoms with Gasteiger partial charge in [0, 0.05) is 23.1 Å². The molecule has 4 rings (SSSR count). The van der Waals surface area contributed by atoms with Crippen LogP contribution in [-0.4, -0.2) is 33.4 Å². The molecule has 0 radical (unpaired) electrons. The normalized spacial score (nSPS) is 10.9. The van der Waals surface area contributed by atoms with Gasteiger partial charge >= 0.3 is 0 Å². The Morgan fingerprint density at radius 1 is 0.719 bits per heavy atom. The second kappa shape index (κ2) is 9.56. The minimum absolute atomic E-state index is 0.0346. The van der Waals surface area contributed by atoms with Crippen molar-refractivity contribution in [2.75, 3.05) is 13.2 Å². The van der Waals surface area contributed by atoms with Crippen LogP contribution in [0.2, 0.25) is 0 Å². The summed E-state index contributed by atoms with van der Waals surface area (Å²) in [4.78, 5) is 9.39. The zero-order valence-corrected chi connectivity index (χ0v) is 18.2. The molecular weight excluding hydrogens is 404 g/mol. The van der Waals surface area contributed by atoms with E-state index in [1.165, 1.54) is 0 Å². The van der Waals surface area contributed by atoms with Gasteiger partial charge in [0.1, 0.15) is 23.0 Å². The molecule has 0 saturated heterocycles. The van der Waals surface area contributed by atoms with Crippen molar-refractivity contribution < 1.29 is 19.7 Å². The number of aromatic nitrogens is 2. The zero-order valence-electron chi connectivity index (χ0n) is 18.2. The first-order valence-corrected chi connectivity index (χ1v) is 10.8. The summed E-state index contributed by atoms with van der Waals surface area (Å²) in [5, 5.41) is 22.2. The van der Waals surface area contributed by atoms with Crippen molar-refractivity contribution >= 4 is 10.9 Å². The molecule has 6 heteroatoms. The molecule has 2 N–H and O–H groups in total. The number of hydrogen-bond acceptors (Lipinski definition) is 6. The largest absolute Gasteiger partial charge is 0.507 e. The molecule has 1 heterocycles. The molecule has 32 heavy (non-hydrogen) atoms. The monoisotopic (exact) mass is 430 g/mol. The quantitative estimate of drug-likeness (QED) is 0.359. The van der Waals surface area contributed by atoms with E-state index in [1.54, 1.807) is 30.3 Å². The Balaban J connectivity index is 1.81. The standard InChI is InChI=1S/C26H26N2O4/c1-3-13-31-17-9-11-20(23(29)15-17)25-19-7-5-6-8-22(19)27-26(28-25)21-12-10-18(16-24(21)30)32-14-4-2/h5-12,15-16,29-30H,3-4,13-14H2,1-2H3. The molecule has 0 aliphatic heterocycles. The maximum Gasteiger partial charge on any atom is 0.164 e. The van der Waals surface area contributed by atoms with Crippen molar-refractivity contribution in [3.05, 3.63) is 60.7 Å². The predicted molar refractivity (Wildman–Crippen MR) is 125 cm³/mol. The lowest BCUT2D eigenvalue weighted by Crippen LogP contribution is -1.98. The number of fused-ring (bicyclic) bond motifs is 1. The minimum Gasteiger partial charge on any atom is -0.507 e. The Hall–Kier alpha value is -3.80. The third-order valence-corrected chi connectivity index (χ3v) is 4.98. The molecule has 0 aliphatic rings. The predicted octanol–water partition coefficient (Wildman–Crippen LogP) is 5.95. The van der Waals surface area contributed by atoms with E-state index in [-0.39, 0.29) is 11.5 Å². The van der Waals surface area contributed by atoms with Crippen LogP contribution in [0.25, 0.3) is 33.5 Å². The fraction of sp³-hybridized carbons (Fsp3) is 0.231. The molecule has 0 saturated carbocycles. The minimum atomic E-state index is 0.0346. The number of phenolic OH excluding ortho intramolecular Hbond substituents is 2. The first-order chi connectivity index (χ1) is 15.6. The molecule has 0 spiro atoms. The lowest BCUT2D eigenvalue weighted by atomic mass is 10.0. The van der Waals surface area contributed by atoms with Crippen LogP contribution in [0, 0.1) is 0 Å². The maximum atomic E-state index is 10.7. The van der Waals surface area contributed by atoms with Crippen molar-refractivity contribution in [3.8, 4) is 45.6 Å². The van der Waals surface area contributed by atoms with Gasteiger partial charge in [0.05, 0.1) is 30.0 Å². The highest BCUT2D eigenvalue weighted by Gasteiger charge is 2.17. The summed E-state index contributed by atoms with van der Waals surface area (Å²) in [5.74, 6) is 1.67. The van der Waals surface area contributed by atoms with Gasteiger partial charge in [-0.25, -0.2) is 9.97 Å². The third kappa shape index (κ3) is 4.44. The number of rotatable bonds is 8. The fourth-order valence-electron chi connectivity index (χ4n) is 3.43. The number of para-hydroxylation sites is 1. The van der Waals surface area contributed by atoms with E-state index in [0.717, 1.165) is 18.2 Å². The van der Waals surface area contributed by atoms with E-state index >= 15 is 0 Å². The summed E-state index contributed by atoms with van der Waals surface area (Å²) in [6, 6.07) is 17.9. The zero-order chi connectivity index (χ0) is 22.5. The van der Waals surface area contributed by atoms with Crippen LogP contribution in [-0.2, 0) is 0 Å². The van der Waals surface area contributed by atoms with Crippen LogP contribution in [0.15, 0.2) is 60.7 Å². The number of phenols is 2. The first kappa shape index (κ1) is 21.4. The number of nitrogens with zero attached hydrogens (tertiary/aromatic N) is 2. The van der Waals surface area contributed by atoms with Crippen molar-refractivity contribution in [1.82, 2.24) is 9.97 Å². The smallest absolute Gasteiger partial charge is 0.164 e. The van der Waals surface area contributed by atoms with Crippen LogP contribution < -0.4 is 9.47 Å². The number of hydrogen-bond donors (Lipinski definition) is 2. The lowest BCUT2D eigenvalue weighted by molar-refractivity contribution is 0.315. The molecule has 3 aromatic carbocycles. The van der Waals surface area contributed by atoms with Gasteiger partial charge in [-0.15, -0.1) is 0 Å². The van der Waals surface area contributed by atoms with E-state index in [0.29, 0.717) is 52.9 Å². The second-order valence-corrected chi connectivity index (χ2v) is 7.47. The first-order valence-electron chi connectivity index (χ1n) is 10.8. The summed E-state index contributed by atoms with van der Waals surface area (Å²) in [6.45, 7) is 5.21. The van der Waals surface area contributed by atoms with Gasteiger partial charge in [0.25, 0.3) is 0 Å². The van der Waals surface area contributed by atoms with Crippen molar-refractivity contribution in [1.29, 1.82) is 0 Å². The molecule has 164 valence electrons. The van der Waals surface area contributed by atoms with Gasteiger partial charge in [0.15, 0.2) is 5.82 Å². The van der Waals surface area contributed by atoms with Crippen LogP contribution in [0.5, 0.6) is 23.0 Å². The molecule has 0 bridgehead atoms. The SMILES string of the molecule is CCCOc1ccc(-c2nc(-c3ccc(OCCC)cc3O)c3ccccc3n2)c(O)c1. The third-order valence-electron chi connectivity index (χ3n) is 4.98. The Morgan fingerprint density at radius 3 is 1.91 bits per heavy atom. The molecular formula is C26H26N2O4. The number of benzene rings is 3. The highest BCUT2D eigenvalue weighted by atomic mass is 16.5. The summed E-state index contributed by atoms with van der Waals surface area (Å²) >= 11 is 0. The number of ether oxygens (including phenoxy) is 2. The molecule has 0 amide bonds. The molecule has 4 aromatic rings.